The number of hydroxylamine groups is 2. The second kappa shape index (κ2) is 6.41. The number of ether oxygens (including phenoxy) is 1. The van der Waals surface area contributed by atoms with Crippen LogP contribution in [0.5, 0.6) is 5.75 Å². The van der Waals surface area contributed by atoms with Gasteiger partial charge in [-0.15, -0.1) is 0 Å². The molecule has 27 heavy (non-hydrogen) atoms. The van der Waals surface area contributed by atoms with Gasteiger partial charge < -0.3 is 4.74 Å². The lowest BCUT2D eigenvalue weighted by Gasteiger charge is -2.32. The van der Waals surface area contributed by atoms with E-state index in [0.717, 1.165) is 22.1 Å². The Bertz CT molecular complexity index is 1070. The molecule has 6 heteroatoms. The molecule has 0 saturated carbocycles. The molecule has 1 fully saturated rings. The largest absolute Gasteiger partial charge is 0.493 e. The third-order valence-corrected chi connectivity index (χ3v) is 5.91. The lowest BCUT2D eigenvalue weighted by Crippen LogP contribution is -2.35. The fourth-order valence-electron chi connectivity index (χ4n) is 3.88. The molecule has 0 N–H and O–H groups in total. The van der Waals surface area contributed by atoms with Crippen molar-refractivity contribution >= 4 is 39.9 Å². The number of fused-ring (bicyclic) bond motifs is 5. The first-order chi connectivity index (χ1) is 13.1. The number of halogens is 2. The molecule has 2 atom stereocenters. The quantitative estimate of drug-likeness (QED) is 0.558. The minimum Gasteiger partial charge on any atom is -0.493 e. The van der Waals surface area contributed by atoms with Crippen molar-refractivity contribution in [2.24, 2.45) is 5.92 Å². The summed E-state index contributed by atoms with van der Waals surface area (Å²) in [5.41, 5.74) is 1.44. The van der Waals surface area contributed by atoms with E-state index in [9.17, 15) is 4.79 Å². The molecular weight excluding hydrogens is 385 g/mol. The summed E-state index contributed by atoms with van der Waals surface area (Å²) in [7, 11) is 0. The summed E-state index contributed by atoms with van der Waals surface area (Å²) in [5.74, 6) is 0.643. The minimum absolute atomic E-state index is 0.0787. The summed E-state index contributed by atoms with van der Waals surface area (Å²) >= 11 is 12.1. The summed E-state index contributed by atoms with van der Waals surface area (Å²) in [5, 5.41) is 4.40. The molecule has 3 aromatic rings. The predicted molar refractivity (Wildman–Crippen MR) is 104 cm³/mol. The average Bonchev–Trinajstić information content (AvgIpc) is 3.13. The summed E-state index contributed by atoms with van der Waals surface area (Å²) in [6.45, 7) is 0.946. The van der Waals surface area contributed by atoms with Crippen LogP contribution in [0.1, 0.15) is 22.0 Å². The molecule has 0 radical (unpaired) electrons. The van der Waals surface area contributed by atoms with Gasteiger partial charge in [-0.3, -0.25) is 9.63 Å². The van der Waals surface area contributed by atoms with Crippen molar-refractivity contribution in [2.45, 2.75) is 6.04 Å². The number of hydrogen-bond donors (Lipinski definition) is 0. The first-order valence-electron chi connectivity index (χ1n) is 8.69. The Kier molecular flexibility index (Phi) is 4.01. The molecule has 2 aliphatic rings. The Hall–Kier alpha value is -2.27. The van der Waals surface area contributed by atoms with Crippen LogP contribution in [0.25, 0.3) is 10.8 Å². The molecule has 5 rings (SSSR count). The standard InChI is InChI=1S/C21H15Cl2NO3/c22-16-7-5-13(9-17(16)23)21(25)24-20-14(11-27-24)10-26-18-8-6-12-3-1-2-4-15(12)19(18)20/h1-9,14,20H,10-11H2/t14-,20-/m1/s1. The highest BCUT2D eigenvalue weighted by molar-refractivity contribution is 6.42. The highest BCUT2D eigenvalue weighted by Gasteiger charge is 2.45. The van der Waals surface area contributed by atoms with Crippen molar-refractivity contribution in [1.29, 1.82) is 0 Å². The summed E-state index contributed by atoms with van der Waals surface area (Å²) in [6.07, 6.45) is 0. The predicted octanol–water partition coefficient (Wildman–Crippen LogP) is 5.28. The van der Waals surface area contributed by atoms with E-state index in [4.69, 9.17) is 32.8 Å². The van der Waals surface area contributed by atoms with Gasteiger partial charge in [-0.05, 0) is 35.0 Å². The highest BCUT2D eigenvalue weighted by atomic mass is 35.5. The Morgan fingerprint density at radius 2 is 1.85 bits per heavy atom. The lowest BCUT2D eigenvalue weighted by atomic mass is 9.88. The first kappa shape index (κ1) is 16.9. The van der Waals surface area contributed by atoms with Crippen molar-refractivity contribution < 1.29 is 14.4 Å². The lowest BCUT2D eigenvalue weighted by molar-refractivity contribution is -0.0965. The summed E-state index contributed by atoms with van der Waals surface area (Å²) < 4.78 is 5.96. The first-order valence-corrected chi connectivity index (χ1v) is 9.45. The van der Waals surface area contributed by atoms with Gasteiger partial charge in [-0.1, -0.05) is 53.5 Å². The average molecular weight is 400 g/mol. The highest BCUT2D eigenvalue weighted by Crippen LogP contribution is 2.47. The van der Waals surface area contributed by atoms with Crippen molar-refractivity contribution in [1.82, 2.24) is 5.06 Å². The number of carbonyl (C=O) groups is 1. The topological polar surface area (TPSA) is 38.8 Å². The maximum atomic E-state index is 13.2. The normalized spacial score (nSPS) is 20.9. The van der Waals surface area contributed by atoms with Gasteiger partial charge in [0.15, 0.2) is 0 Å². The molecule has 136 valence electrons. The van der Waals surface area contributed by atoms with E-state index >= 15 is 0 Å². The van der Waals surface area contributed by atoms with Gasteiger partial charge in [0.25, 0.3) is 5.91 Å². The van der Waals surface area contributed by atoms with Crippen LogP contribution in [0.4, 0.5) is 0 Å². The fraction of sp³-hybridized carbons (Fsp3) is 0.190. The Labute approximate surface area is 166 Å². The van der Waals surface area contributed by atoms with Crippen molar-refractivity contribution in [2.75, 3.05) is 13.2 Å². The second-order valence-electron chi connectivity index (χ2n) is 6.77. The van der Waals surface area contributed by atoms with E-state index in [1.807, 2.05) is 24.3 Å². The van der Waals surface area contributed by atoms with Crippen LogP contribution in [0, 0.1) is 5.92 Å². The van der Waals surface area contributed by atoms with Crippen LogP contribution in [-0.2, 0) is 4.84 Å². The maximum absolute atomic E-state index is 13.2. The number of nitrogens with zero attached hydrogens (tertiary/aromatic N) is 1. The van der Waals surface area contributed by atoms with Gasteiger partial charge in [0.05, 0.1) is 29.3 Å². The van der Waals surface area contributed by atoms with Gasteiger partial charge in [-0.2, -0.15) is 0 Å². The van der Waals surface area contributed by atoms with E-state index in [2.05, 4.69) is 12.1 Å². The summed E-state index contributed by atoms with van der Waals surface area (Å²) in [6, 6.07) is 16.8. The monoisotopic (exact) mass is 399 g/mol. The zero-order chi connectivity index (χ0) is 18.5. The molecule has 3 aromatic carbocycles. The number of benzene rings is 3. The molecule has 0 bridgehead atoms. The Morgan fingerprint density at radius 3 is 2.70 bits per heavy atom. The van der Waals surface area contributed by atoms with Crippen LogP contribution in [-0.4, -0.2) is 24.2 Å². The van der Waals surface area contributed by atoms with Crippen LogP contribution < -0.4 is 4.74 Å². The van der Waals surface area contributed by atoms with E-state index in [1.54, 1.807) is 18.2 Å². The number of rotatable bonds is 1. The number of amides is 1. The molecule has 0 aromatic heterocycles. The van der Waals surface area contributed by atoms with Gasteiger partial charge in [0.2, 0.25) is 0 Å². The third-order valence-electron chi connectivity index (χ3n) is 5.17. The molecule has 2 aliphatic heterocycles. The van der Waals surface area contributed by atoms with Crippen molar-refractivity contribution in [3.8, 4) is 5.75 Å². The maximum Gasteiger partial charge on any atom is 0.278 e. The van der Waals surface area contributed by atoms with Gasteiger partial charge in [0.1, 0.15) is 5.75 Å². The number of carbonyl (C=O) groups excluding carboxylic acids is 1. The van der Waals surface area contributed by atoms with Gasteiger partial charge >= 0.3 is 0 Å². The van der Waals surface area contributed by atoms with Crippen molar-refractivity contribution in [3.05, 3.63) is 75.8 Å². The number of hydrogen-bond acceptors (Lipinski definition) is 3. The second-order valence-corrected chi connectivity index (χ2v) is 7.58. The molecule has 1 amide bonds. The molecule has 1 saturated heterocycles. The molecular formula is C21H15Cl2NO3. The van der Waals surface area contributed by atoms with Gasteiger partial charge in [-0.25, -0.2) is 5.06 Å². The van der Waals surface area contributed by atoms with E-state index < -0.39 is 0 Å². The third kappa shape index (κ3) is 2.67. The zero-order valence-corrected chi connectivity index (χ0v) is 15.7. The fourth-order valence-corrected chi connectivity index (χ4v) is 4.17. The Balaban J connectivity index is 1.61. The van der Waals surface area contributed by atoms with Crippen LogP contribution in [0.15, 0.2) is 54.6 Å². The van der Waals surface area contributed by atoms with Crippen molar-refractivity contribution in [3.63, 3.8) is 0 Å². The SMILES string of the molecule is O=C(c1ccc(Cl)c(Cl)c1)N1OC[C@H]2COc3ccc4ccccc4c3[C@@H]21. The summed E-state index contributed by atoms with van der Waals surface area (Å²) in [4.78, 5) is 19.0. The van der Waals surface area contributed by atoms with Crippen LogP contribution in [0.3, 0.4) is 0 Å². The smallest absolute Gasteiger partial charge is 0.278 e. The van der Waals surface area contributed by atoms with Crippen LogP contribution in [0.2, 0.25) is 10.0 Å². The zero-order valence-electron chi connectivity index (χ0n) is 14.2. The Morgan fingerprint density at radius 1 is 1.00 bits per heavy atom. The van der Waals surface area contributed by atoms with E-state index in [0.29, 0.717) is 28.8 Å². The molecule has 0 spiro atoms. The van der Waals surface area contributed by atoms with E-state index in [1.165, 1.54) is 5.06 Å². The molecule has 0 unspecified atom stereocenters. The van der Waals surface area contributed by atoms with E-state index in [-0.39, 0.29) is 17.9 Å². The van der Waals surface area contributed by atoms with Crippen LogP contribution >= 0.6 is 23.2 Å². The minimum atomic E-state index is -0.234. The molecule has 2 heterocycles. The molecule has 4 nitrogen and oxygen atoms in total. The molecule has 0 aliphatic carbocycles. The van der Waals surface area contributed by atoms with Gasteiger partial charge in [0, 0.05) is 17.0 Å².